The Bertz CT molecular complexity index is 1270. The molecule has 0 spiro atoms. The van der Waals surface area contributed by atoms with Gasteiger partial charge in [0.1, 0.15) is 5.75 Å². The van der Waals surface area contributed by atoms with Crippen molar-refractivity contribution in [2.24, 2.45) is 17.8 Å². The molecular formula is C33H37NO5. The quantitative estimate of drug-likeness (QED) is 0.288. The molecule has 2 aromatic rings. The fourth-order valence-electron chi connectivity index (χ4n) is 7.35. The van der Waals surface area contributed by atoms with Gasteiger partial charge in [-0.2, -0.15) is 0 Å². The topological polar surface area (TPSA) is 87.1 Å². The van der Waals surface area contributed by atoms with Gasteiger partial charge in [-0.05, 0) is 72.1 Å². The Hall–Kier alpha value is -3.22. The SMILES string of the molecule is O=C1[C@@H]2[C@@H](CC(CO)=C3[C@@H](CC/C(=C/c4ccc(O)cc4)c4ccccc4)OC[C@@H]32)C(=O)N1C1CCCCC1. The number of hydrogen-bond acceptors (Lipinski definition) is 5. The summed E-state index contributed by atoms with van der Waals surface area (Å²) in [6.45, 7) is 0.319. The molecule has 1 saturated carbocycles. The van der Waals surface area contributed by atoms with E-state index < -0.39 is 0 Å². The van der Waals surface area contributed by atoms with E-state index in [1.807, 2.05) is 30.3 Å². The van der Waals surface area contributed by atoms with Crippen molar-refractivity contribution in [3.05, 3.63) is 76.9 Å². The summed E-state index contributed by atoms with van der Waals surface area (Å²) >= 11 is 0. The summed E-state index contributed by atoms with van der Waals surface area (Å²) in [5.74, 6) is -0.684. The lowest BCUT2D eigenvalue weighted by atomic mass is 9.69. The van der Waals surface area contributed by atoms with E-state index in [4.69, 9.17) is 4.74 Å². The van der Waals surface area contributed by atoms with E-state index in [1.165, 1.54) is 6.42 Å². The molecule has 2 amide bonds. The molecular weight excluding hydrogens is 490 g/mol. The van der Waals surface area contributed by atoms with Gasteiger partial charge in [0.25, 0.3) is 0 Å². The Morgan fingerprint density at radius 1 is 0.949 bits per heavy atom. The zero-order valence-corrected chi connectivity index (χ0v) is 22.3. The number of ether oxygens (including phenoxy) is 1. The van der Waals surface area contributed by atoms with Gasteiger partial charge >= 0.3 is 0 Å². The molecule has 2 saturated heterocycles. The number of amides is 2. The standard InChI is InChI=1S/C33H37NO5/c35-19-24-18-27-31(33(38)34(32(27)37)25-9-5-2-6-10-25)28-20-39-29(30(24)28)16-13-23(22-7-3-1-4-8-22)17-21-11-14-26(36)15-12-21/h1,3-4,7-8,11-12,14-15,17,25,27-29,31,35-36H,2,5-6,9-10,13,16,18-20H2/b23-17-/t27-,28+,29-,31-/m1/s1. The summed E-state index contributed by atoms with van der Waals surface area (Å²) in [5, 5.41) is 20.1. The average molecular weight is 528 g/mol. The summed E-state index contributed by atoms with van der Waals surface area (Å²) < 4.78 is 6.35. The van der Waals surface area contributed by atoms with Gasteiger partial charge in [-0.15, -0.1) is 0 Å². The van der Waals surface area contributed by atoms with Crippen LogP contribution in [-0.2, 0) is 14.3 Å². The molecule has 4 atom stereocenters. The number of imide groups is 1. The third-order valence-corrected chi connectivity index (χ3v) is 9.23. The van der Waals surface area contributed by atoms with Crippen molar-refractivity contribution in [1.82, 2.24) is 4.90 Å². The summed E-state index contributed by atoms with van der Waals surface area (Å²) in [4.78, 5) is 28.8. The van der Waals surface area contributed by atoms with Crippen molar-refractivity contribution in [3.8, 4) is 5.75 Å². The number of phenols is 1. The number of aromatic hydroxyl groups is 1. The molecule has 0 radical (unpaired) electrons. The van der Waals surface area contributed by atoms with E-state index in [2.05, 4.69) is 18.2 Å². The number of aliphatic hydroxyl groups excluding tert-OH is 1. The molecule has 6 nitrogen and oxygen atoms in total. The van der Waals surface area contributed by atoms with Crippen LogP contribution in [0.1, 0.15) is 62.5 Å². The van der Waals surface area contributed by atoms with Gasteiger partial charge in [0.2, 0.25) is 11.8 Å². The number of carbonyl (C=O) groups excluding carboxylic acids is 2. The molecule has 3 fully saturated rings. The van der Waals surface area contributed by atoms with E-state index in [1.54, 1.807) is 17.0 Å². The van der Waals surface area contributed by atoms with Crippen LogP contribution in [0, 0.1) is 17.8 Å². The van der Waals surface area contributed by atoms with Crippen LogP contribution in [0.25, 0.3) is 11.6 Å². The third kappa shape index (κ3) is 4.96. The molecule has 0 aromatic heterocycles. The van der Waals surface area contributed by atoms with Crippen LogP contribution in [-0.4, -0.2) is 52.3 Å². The zero-order valence-electron chi connectivity index (χ0n) is 22.3. The van der Waals surface area contributed by atoms with Gasteiger partial charge in [0, 0.05) is 12.0 Å². The lowest BCUT2D eigenvalue weighted by Crippen LogP contribution is -2.42. The Labute approximate surface area is 230 Å². The molecule has 6 rings (SSSR count). The predicted octanol–water partition coefficient (Wildman–Crippen LogP) is 5.35. The van der Waals surface area contributed by atoms with E-state index in [-0.39, 0.29) is 54.1 Å². The number of likely N-dealkylation sites (tertiary alicyclic amines) is 1. The Kier molecular flexibility index (Phi) is 7.41. The summed E-state index contributed by atoms with van der Waals surface area (Å²) in [6.07, 6.45) is 9.00. The second-order valence-electron chi connectivity index (χ2n) is 11.5. The number of carbonyl (C=O) groups is 2. The molecule has 2 aromatic carbocycles. The summed E-state index contributed by atoms with van der Waals surface area (Å²) in [6, 6.07) is 17.4. The van der Waals surface area contributed by atoms with Crippen molar-refractivity contribution in [2.75, 3.05) is 13.2 Å². The molecule has 0 bridgehead atoms. The number of fused-ring (bicyclic) bond motifs is 3. The maximum atomic E-state index is 13.7. The predicted molar refractivity (Wildman–Crippen MR) is 149 cm³/mol. The molecule has 2 aliphatic heterocycles. The van der Waals surface area contributed by atoms with Crippen LogP contribution in [0.4, 0.5) is 0 Å². The van der Waals surface area contributed by atoms with Crippen LogP contribution < -0.4 is 0 Å². The summed E-state index contributed by atoms with van der Waals surface area (Å²) in [7, 11) is 0. The minimum Gasteiger partial charge on any atom is -0.508 e. The summed E-state index contributed by atoms with van der Waals surface area (Å²) in [5.41, 5.74) is 5.23. The van der Waals surface area contributed by atoms with Crippen LogP contribution in [0.2, 0.25) is 0 Å². The Morgan fingerprint density at radius 2 is 1.69 bits per heavy atom. The van der Waals surface area contributed by atoms with Crippen LogP contribution >= 0.6 is 0 Å². The first kappa shape index (κ1) is 26.0. The van der Waals surface area contributed by atoms with E-state index >= 15 is 0 Å². The van der Waals surface area contributed by atoms with Crippen molar-refractivity contribution in [3.63, 3.8) is 0 Å². The molecule has 6 heteroatoms. The number of hydrogen-bond donors (Lipinski definition) is 2. The monoisotopic (exact) mass is 527 g/mol. The highest BCUT2D eigenvalue weighted by Gasteiger charge is 2.58. The van der Waals surface area contributed by atoms with Crippen LogP contribution in [0.3, 0.4) is 0 Å². The fraction of sp³-hybridized carbons (Fsp3) is 0.455. The van der Waals surface area contributed by atoms with Gasteiger partial charge in [-0.3, -0.25) is 14.5 Å². The van der Waals surface area contributed by atoms with Gasteiger partial charge in [0.15, 0.2) is 0 Å². The van der Waals surface area contributed by atoms with Gasteiger partial charge in [0.05, 0.1) is 31.2 Å². The highest BCUT2D eigenvalue weighted by atomic mass is 16.5. The van der Waals surface area contributed by atoms with Gasteiger partial charge in [-0.25, -0.2) is 0 Å². The lowest BCUT2D eigenvalue weighted by Gasteiger charge is -2.31. The second-order valence-corrected chi connectivity index (χ2v) is 11.5. The highest BCUT2D eigenvalue weighted by molar-refractivity contribution is 6.06. The average Bonchev–Trinajstić information content (AvgIpc) is 3.50. The van der Waals surface area contributed by atoms with Crippen molar-refractivity contribution < 1.29 is 24.5 Å². The van der Waals surface area contributed by atoms with E-state index in [9.17, 15) is 19.8 Å². The smallest absolute Gasteiger partial charge is 0.234 e. The van der Waals surface area contributed by atoms with E-state index in [0.717, 1.165) is 66.4 Å². The second kappa shape index (κ2) is 11.1. The minimum atomic E-state index is -0.369. The first-order chi connectivity index (χ1) is 19.0. The number of rotatable bonds is 7. The van der Waals surface area contributed by atoms with Crippen LogP contribution in [0.5, 0.6) is 5.75 Å². The van der Waals surface area contributed by atoms with Crippen molar-refractivity contribution in [1.29, 1.82) is 0 Å². The largest absolute Gasteiger partial charge is 0.508 e. The van der Waals surface area contributed by atoms with Gasteiger partial charge in [-0.1, -0.05) is 67.8 Å². The zero-order chi connectivity index (χ0) is 26.9. The van der Waals surface area contributed by atoms with Gasteiger partial charge < -0.3 is 14.9 Å². The maximum Gasteiger partial charge on any atom is 0.234 e. The Morgan fingerprint density at radius 3 is 2.41 bits per heavy atom. The number of benzene rings is 2. The highest BCUT2D eigenvalue weighted by Crippen LogP contribution is 2.50. The number of allylic oxidation sites excluding steroid dienone is 1. The molecule has 0 unspecified atom stereocenters. The number of nitrogens with zero attached hydrogens (tertiary/aromatic N) is 1. The van der Waals surface area contributed by atoms with Crippen molar-refractivity contribution >= 4 is 23.5 Å². The number of aliphatic hydroxyl groups is 1. The molecule has 4 aliphatic rings. The first-order valence-corrected chi connectivity index (χ1v) is 14.4. The fourth-order valence-corrected chi connectivity index (χ4v) is 7.35. The minimum absolute atomic E-state index is 0.0159. The molecule has 2 aliphatic carbocycles. The Balaban J connectivity index is 1.24. The first-order valence-electron chi connectivity index (χ1n) is 14.4. The molecule has 2 N–H and O–H groups in total. The number of phenolic OH excluding ortho intramolecular Hbond substituents is 1. The van der Waals surface area contributed by atoms with E-state index in [0.29, 0.717) is 13.0 Å². The molecule has 204 valence electrons. The molecule has 39 heavy (non-hydrogen) atoms. The van der Waals surface area contributed by atoms with Crippen LogP contribution in [0.15, 0.2) is 65.7 Å². The van der Waals surface area contributed by atoms with Crippen molar-refractivity contribution in [2.45, 2.75) is 63.5 Å². The lowest BCUT2D eigenvalue weighted by molar-refractivity contribution is -0.143. The molecule has 2 heterocycles. The third-order valence-electron chi connectivity index (χ3n) is 9.23. The normalized spacial score (nSPS) is 27.7. The maximum absolute atomic E-state index is 13.7.